The van der Waals surface area contributed by atoms with Gasteiger partial charge in [-0.2, -0.15) is 0 Å². The van der Waals surface area contributed by atoms with Crippen molar-refractivity contribution in [1.29, 1.82) is 0 Å². The number of primary amides is 1. The normalized spacial score (nSPS) is 11.0. The van der Waals surface area contributed by atoms with Crippen molar-refractivity contribution in [2.24, 2.45) is 5.73 Å². The van der Waals surface area contributed by atoms with E-state index in [0.717, 1.165) is 64.5 Å². The van der Waals surface area contributed by atoms with Crippen LogP contribution in [0.3, 0.4) is 0 Å². The molecule has 0 aliphatic carbocycles. The maximum atomic E-state index is 13.4. The minimum atomic E-state index is -0.187. The van der Waals surface area contributed by atoms with Gasteiger partial charge in [0.15, 0.2) is 0 Å². The Labute approximate surface area is 389 Å². The summed E-state index contributed by atoms with van der Waals surface area (Å²) >= 11 is 0. The molecule has 4 heteroatoms. The first-order chi connectivity index (χ1) is 30.6. The lowest BCUT2D eigenvalue weighted by molar-refractivity contribution is -0.131. The Morgan fingerprint density at radius 2 is 0.565 bits per heavy atom. The Kier molecular flexibility index (Phi) is 51.7. The molecule has 0 rings (SSSR count). The number of hydrogen-bond donors (Lipinski definition) is 1. The van der Waals surface area contributed by atoms with E-state index in [2.05, 4.69) is 42.4 Å². The minimum absolute atomic E-state index is 0.187. The molecule has 4 nitrogen and oxygen atoms in total. The van der Waals surface area contributed by atoms with Crippen molar-refractivity contribution in [3.05, 3.63) is 0 Å². The van der Waals surface area contributed by atoms with Gasteiger partial charge in [0.1, 0.15) is 0 Å². The Balaban J connectivity index is 4.16. The van der Waals surface area contributed by atoms with Crippen molar-refractivity contribution < 1.29 is 9.59 Å². The lowest BCUT2D eigenvalue weighted by Gasteiger charge is -2.23. The zero-order valence-corrected chi connectivity index (χ0v) is 42.2. The van der Waals surface area contributed by atoms with E-state index in [1.54, 1.807) is 0 Å². The Bertz CT molecular complexity index is 1010. The van der Waals surface area contributed by atoms with Gasteiger partial charge in [-0.1, -0.05) is 270 Å². The van der Waals surface area contributed by atoms with Gasteiger partial charge in [0, 0.05) is 38.8 Å². The topological polar surface area (TPSA) is 63.4 Å². The van der Waals surface area contributed by atoms with Crippen molar-refractivity contribution in [3.63, 3.8) is 0 Å². The molecule has 0 spiro atoms. The van der Waals surface area contributed by atoms with E-state index in [-0.39, 0.29) is 5.91 Å². The zero-order valence-electron chi connectivity index (χ0n) is 42.2. The first-order valence-corrected chi connectivity index (χ1v) is 28.1. The van der Waals surface area contributed by atoms with Gasteiger partial charge in [0.05, 0.1) is 0 Å². The smallest absolute Gasteiger partial charge is 0.222 e. The highest BCUT2D eigenvalue weighted by Gasteiger charge is 2.13. The van der Waals surface area contributed by atoms with Gasteiger partial charge in [-0.05, 0) is 50.4 Å². The number of amides is 2. The molecule has 0 aromatic heterocycles. The number of carbonyl (C=O) groups is 2. The third-order valence-corrected chi connectivity index (χ3v) is 13.1. The van der Waals surface area contributed by atoms with Gasteiger partial charge >= 0.3 is 0 Å². The van der Waals surface area contributed by atoms with Crippen LogP contribution < -0.4 is 5.73 Å². The van der Waals surface area contributed by atoms with Crippen LogP contribution in [0.1, 0.15) is 322 Å². The van der Waals surface area contributed by atoms with Gasteiger partial charge in [-0.15, -0.1) is 0 Å². The molecule has 0 saturated carbocycles. The van der Waals surface area contributed by atoms with Crippen molar-refractivity contribution in [2.75, 3.05) is 13.1 Å². The summed E-state index contributed by atoms with van der Waals surface area (Å²) < 4.78 is 0. The van der Waals surface area contributed by atoms with Gasteiger partial charge < -0.3 is 10.6 Å². The van der Waals surface area contributed by atoms with E-state index >= 15 is 0 Å². The molecule has 62 heavy (non-hydrogen) atoms. The van der Waals surface area contributed by atoms with Gasteiger partial charge in [0.2, 0.25) is 11.8 Å². The summed E-state index contributed by atoms with van der Waals surface area (Å²) in [5.41, 5.74) is 5.19. The second-order valence-electron chi connectivity index (χ2n) is 19.3. The zero-order chi connectivity index (χ0) is 44.9. The highest BCUT2D eigenvalue weighted by Crippen LogP contribution is 2.17. The number of carbonyl (C=O) groups excluding carboxylic acids is 2. The van der Waals surface area contributed by atoms with Crippen molar-refractivity contribution in [2.45, 2.75) is 322 Å². The summed E-state index contributed by atoms with van der Waals surface area (Å²) in [4.78, 5) is 26.4. The lowest BCUT2D eigenvalue weighted by atomic mass is 10.0. The molecule has 362 valence electrons. The molecule has 0 radical (unpaired) electrons. The van der Waals surface area contributed by atoms with Crippen LogP contribution in [0.4, 0.5) is 0 Å². The molecule has 0 saturated heterocycles. The summed E-state index contributed by atoms with van der Waals surface area (Å²) in [6, 6.07) is 0. The maximum Gasteiger partial charge on any atom is 0.222 e. The molecule has 0 atom stereocenters. The van der Waals surface area contributed by atoms with Crippen molar-refractivity contribution in [1.82, 2.24) is 4.90 Å². The number of nitrogens with two attached hydrogens (primary N) is 1. The summed E-state index contributed by atoms with van der Waals surface area (Å²) in [5.74, 6) is 12.7. The average Bonchev–Trinajstić information content (AvgIpc) is 3.27. The third-order valence-electron chi connectivity index (χ3n) is 13.1. The van der Waals surface area contributed by atoms with Crippen LogP contribution >= 0.6 is 0 Å². The summed E-state index contributed by atoms with van der Waals surface area (Å²) in [6.07, 6.45) is 61.4. The van der Waals surface area contributed by atoms with Crippen LogP contribution in [0.5, 0.6) is 0 Å². The largest absolute Gasteiger partial charge is 0.370 e. The fourth-order valence-corrected chi connectivity index (χ4v) is 8.85. The Morgan fingerprint density at radius 1 is 0.323 bits per heavy atom. The van der Waals surface area contributed by atoms with Crippen LogP contribution in [-0.2, 0) is 9.59 Å². The van der Waals surface area contributed by atoms with E-state index in [1.807, 2.05) is 0 Å². The molecule has 0 aliphatic heterocycles. The molecular formula is C58H108N2O2. The fraction of sp³-hybridized carbons (Fsp3) is 0.897. The van der Waals surface area contributed by atoms with Gasteiger partial charge in [-0.3, -0.25) is 9.59 Å². The van der Waals surface area contributed by atoms with Crippen LogP contribution in [0.2, 0.25) is 0 Å². The van der Waals surface area contributed by atoms with E-state index in [4.69, 9.17) is 5.73 Å². The predicted octanol–water partition coefficient (Wildman–Crippen LogP) is 18.1. The highest BCUT2D eigenvalue weighted by atomic mass is 16.2. The number of hydrogen-bond acceptors (Lipinski definition) is 2. The summed E-state index contributed by atoms with van der Waals surface area (Å²) in [5, 5.41) is 0. The SMILES string of the molecule is CCCCCCCCCCCCCCCCCCN(CCCCCCCCCCCCCCCCCC)C(=O)CCCCCCCCC#CC#CCCCCCCCCC(N)=O. The Morgan fingerprint density at radius 3 is 0.855 bits per heavy atom. The minimum Gasteiger partial charge on any atom is -0.370 e. The first-order valence-electron chi connectivity index (χ1n) is 28.1. The number of nitrogens with zero attached hydrogens (tertiary/aromatic N) is 1. The number of unbranched alkanes of at least 4 members (excludes halogenated alkanes) is 42. The second-order valence-corrected chi connectivity index (χ2v) is 19.3. The molecular weight excluding hydrogens is 757 g/mol. The van der Waals surface area contributed by atoms with Crippen LogP contribution in [0.15, 0.2) is 0 Å². The standard InChI is InChI=1S/C58H108N2O2/c1-3-5-7-9-11-13-15-17-19-27-31-35-39-43-47-51-55-60(56-52-48-44-40-36-32-28-20-18-16-14-12-10-8-6-4-2)58(62)54-50-46-42-38-34-30-26-24-22-21-23-25-29-33-37-41-45-49-53-57(59)61/h3-20,25-56H2,1-2H3,(H2,59,61). The van der Waals surface area contributed by atoms with Crippen LogP contribution in [0, 0.1) is 23.7 Å². The molecule has 0 heterocycles. The van der Waals surface area contributed by atoms with E-state index in [0.29, 0.717) is 12.3 Å². The monoisotopic (exact) mass is 865 g/mol. The third kappa shape index (κ3) is 50.7. The average molecular weight is 866 g/mol. The molecule has 0 bridgehead atoms. The molecule has 0 aliphatic rings. The van der Waals surface area contributed by atoms with Gasteiger partial charge in [-0.25, -0.2) is 0 Å². The second kappa shape index (κ2) is 53.4. The van der Waals surface area contributed by atoms with Crippen molar-refractivity contribution >= 4 is 11.8 Å². The van der Waals surface area contributed by atoms with Crippen LogP contribution in [0.25, 0.3) is 0 Å². The van der Waals surface area contributed by atoms with Gasteiger partial charge in [0.25, 0.3) is 0 Å². The fourth-order valence-electron chi connectivity index (χ4n) is 8.85. The van der Waals surface area contributed by atoms with E-state index < -0.39 is 0 Å². The molecule has 0 unspecified atom stereocenters. The van der Waals surface area contributed by atoms with E-state index in [1.165, 1.54) is 250 Å². The highest BCUT2D eigenvalue weighted by molar-refractivity contribution is 5.76. The molecule has 2 N–H and O–H groups in total. The molecule has 0 aromatic carbocycles. The van der Waals surface area contributed by atoms with Crippen LogP contribution in [-0.4, -0.2) is 29.8 Å². The summed E-state index contributed by atoms with van der Waals surface area (Å²) in [6.45, 7) is 6.55. The summed E-state index contributed by atoms with van der Waals surface area (Å²) in [7, 11) is 0. The van der Waals surface area contributed by atoms with Crippen molar-refractivity contribution in [3.8, 4) is 23.7 Å². The molecule has 0 aromatic rings. The lowest BCUT2D eigenvalue weighted by Crippen LogP contribution is -2.32. The molecule has 2 amide bonds. The first kappa shape index (κ1) is 60.1. The Hall–Kier alpha value is -1.94. The number of rotatable bonds is 50. The van der Waals surface area contributed by atoms with E-state index in [9.17, 15) is 9.59 Å². The maximum absolute atomic E-state index is 13.4. The molecule has 0 fully saturated rings. The predicted molar refractivity (Wildman–Crippen MR) is 274 cm³/mol. The quantitative estimate of drug-likeness (QED) is 0.0489.